The Morgan fingerprint density at radius 3 is 2.69 bits per heavy atom. The molecule has 2 N–H and O–H groups in total. The molecule has 70 valence electrons. The summed E-state index contributed by atoms with van der Waals surface area (Å²) >= 11 is 0. The third-order valence-corrected chi connectivity index (χ3v) is 2.66. The number of hydrogen-bond donors (Lipinski definition) is 1. The summed E-state index contributed by atoms with van der Waals surface area (Å²) in [7, 11) is 0. The van der Waals surface area contributed by atoms with Crippen LogP contribution in [0.25, 0.3) is 0 Å². The SMILES string of the molecule is NOCc1ccc2c(c1)CCCC2. The van der Waals surface area contributed by atoms with Crippen molar-refractivity contribution in [2.75, 3.05) is 0 Å². The molecule has 1 aliphatic carbocycles. The Hall–Kier alpha value is -0.860. The number of benzene rings is 1. The van der Waals surface area contributed by atoms with E-state index in [2.05, 4.69) is 23.0 Å². The van der Waals surface area contributed by atoms with Crippen molar-refractivity contribution >= 4 is 0 Å². The Kier molecular flexibility index (Phi) is 2.62. The minimum atomic E-state index is 0.521. The van der Waals surface area contributed by atoms with Gasteiger partial charge in [0.25, 0.3) is 0 Å². The van der Waals surface area contributed by atoms with Crippen LogP contribution in [0.15, 0.2) is 18.2 Å². The molecule has 0 radical (unpaired) electrons. The summed E-state index contributed by atoms with van der Waals surface area (Å²) in [4.78, 5) is 4.62. The number of fused-ring (bicyclic) bond motifs is 1. The Morgan fingerprint density at radius 2 is 1.92 bits per heavy atom. The molecular weight excluding hydrogens is 162 g/mol. The molecule has 0 unspecified atom stereocenters. The van der Waals surface area contributed by atoms with E-state index >= 15 is 0 Å². The van der Waals surface area contributed by atoms with E-state index in [1.165, 1.54) is 42.4 Å². The van der Waals surface area contributed by atoms with Crippen LogP contribution in [-0.2, 0) is 24.3 Å². The van der Waals surface area contributed by atoms with Gasteiger partial charge in [0, 0.05) is 0 Å². The van der Waals surface area contributed by atoms with Gasteiger partial charge in [-0.2, -0.15) is 0 Å². The predicted octanol–water partition coefficient (Wildman–Crippen LogP) is 1.96. The van der Waals surface area contributed by atoms with Crippen molar-refractivity contribution in [1.82, 2.24) is 0 Å². The molecule has 1 aromatic rings. The fourth-order valence-electron chi connectivity index (χ4n) is 1.97. The first-order valence-electron chi connectivity index (χ1n) is 4.82. The topological polar surface area (TPSA) is 35.2 Å². The first-order chi connectivity index (χ1) is 6.40. The van der Waals surface area contributed by atoms with E-state index in [4.69, 9.17) is 5.90 Å². The van der Waals surface area contributed by atoms with Crippen molar-refractivity contribution in [3.8, 4) is 0 Å². The summed E-state index contributed by atoms with van der Waals surface area (Å²) in [6.07, 6.45) is 5.10. The van der Waals surface area contributed by atoms with E-state index in [-0.39, 0.29) is 0 Å². The third kappa shape index (κ3) is 1.90. The van der Waals surface area contributed by atoms with Crippen LogP contribution in [0, 0.1) is 0 Å². The number of nitrogens with two attached hydrogens (primary N) is 1. The second-order valence-electron chi connectivity index (χ2n) is 3.62. The zero-order chi connectivity index (χ0) is 9.10. The largest absolute Gasteiger partial charge is 0.300 e. The molecule has 0 fully saturated rings. The van der Waals surface area contributed by atoms with Crippen molar-refractivity contribution in [1.29, 1.82) is 0 Å². The molecule has 0 bridgehead atoms. The van der Waals surface area contributed by atoms with E-state index < -0.39 is 0 Å². The first-order valence-corrected chi connectivity index (χ1v) is 4.82. The molecule has 0 aromatic heterocycles. The van der Waals surface area contributed by atoms with Crippen LogP contribution >= 0.6 is 0 Å². The summed E-state index contributed by atoms with van der Waals surface area (Å²) in [5.41, 5.74) is 4.18. The van der Waals surface area contributed by atoms with Gasteiger partial charge in [0.2, 0.25) is 0 Å². The molecule has 2 rings (SSSR count). The standard InChI is InChI=1S/C11H15NO/c12-13-8-9-5-6-10-3-1-2-4-11(10)7-9/h5-7H,1-4,8,12H2. The van der Waals surface area contributed by atoms with Crippen LogP contribution in [0.4, 0.5) is 0 Å². The molecule has 13 heavy (non-hydrogen) atoms. The fourth-order valence-corrected chi connectivity index (χ4v) is 1.97. The second kappa shape index (κ2) is 3.90. The number of rotatable bonds is 2. The monoisotopic (exact) mass is 177 g/mol. The van der Waals surface area contributed by atoms with Crippen molar-refractivity contribution < 1.29 is 4.84 Å². The molecule has 2 heteroatoms. The summed E-state index contributed by atoms with van der Waals surface area (Å²) in [6, 6.07) is 6.54. The van der Waals surface area contributed by atoms with Crippen molar-refractivity contribution in [2.24, 2.45) is 5.90 Å². The van der Waals surface area contributed by atoms with Crippen LogP contribution in [0.3, 0.4) is 0 Å². The predicted molar refractivity (Wildman–Crippen MR) is 52.1 cm³/mol. The quantitative estimate of drug-likeness (QED) is 0.701. The minimum Gasteiger partial charge on any atom is -0.300 e. The lowest BCUT2D eigenvalue weighted by atomic mass is 9.90. The third-order valence-electron chi connectivity index (χ3n) is 2.66. The molecule has 0 saturated heterocycles. The highest BCUT2D eigenvalue weighted by atomic mass is 16.6. The van der Waals surface area contributed by atoms with Crippen LogP contribution in [-0.4, -0.2) is 0 Å². The van der Waals surface area contributed by atoms with Gasteiger partial charge >= 0.3 is 0 Å². The van der Waals surface area contributed by atoms with Crippen molar-refractivity contribution in [3.63, 3.8) is 0 Å². The van der Waals surface area contributed by atoms with Gasteiger partial charge in [-0.1, -0.05) is 18.2 Å². The Morgan fingerprint density at radius 1 is 1.15 bits per heavy atom. The van der Waals surface area contributed by atoms with E-state index in [9.17, 15) is 0 Å². The smallest absolute Gasteiger partial charge is 0.0930 e. The fraction of sp³-hybridized carbons (Fsp3) is 0.455. The van der Waals surface area contributed by atoms with Gasteiger partial charge in [-0.25, -0.2) is 5.90 Å². The van der Waals surface area contributed by atoms with Gasteiger partial charge in [0.05, 0.1) is 6.61 Å². The maximum absolute atomic E-state index is 5.04. The number of hydrogen-bond acceptors (Lipinski definition) is 2. The van der Waals surface area contributed by atoms with Gasteiger partial charge in [-0.05, 0) is 42.4 Å². The van der Waals surface area contributed by atoms with Crippen molar-refractivity contribution in [3.05, 3.63) is 34.9 Å². The molecular formula is C11H15NO. The molecule has 0 aliphatic heterocycles. The molecule has 0 amide bonds. The second-order valence-corrected chi connectivity index (χ2v) is 3.62. The summed E-state index contributed by atoms with van der Waals surface area (Å²) in [5, 5.41) is 0. The van der Waals surface area contributed by atoms with Crippen LogP contribution in [0.5, 0.6) is 0 Å². The average Bonchev–Trinajstić information content (AvgIpc) is 2.18. The van der Waals surface area contributed by atoms with Gasteiger partial charge in [-0.15, -0.1) is 0 Å². The van der Waals surface area contributed by atoms with Gasteiger partial charge in [0.15, 0.2) is 0 Å². The maximum atomic E-state index is 5.04. The Labute approximate surface area is 78.7 Å². The minimum absolute atomic E-state index is 0.521. The first kappa shape index (κ1) is 8.73. The van der Waals surface area contributed by atoms with E-state index in [0.29, 0.717) is 6.61 Å². The highest BCUT2D eigenvalue weighted by Crippen LogP contribution is 2.22. The van der Waals surface area contributed by atoms with Gasteiger partial charge < -0.3 is 0 Å². The van der Waals surface area contributed by atoms with Crippen molar-refractivity contribution in [2.45, 2.75) is 32.3 Å². The van der Waals surface area contributed by atoms with Crippen LogP contribution in [0.1, 0.15) is 29.5 Å². The molecule has 1 aliphatic rings. The number of aryl methyl sites for hydroxylation is 2. The summed E-state index contributed by atoms with van der Waals surface area (Å²) < 4.78 is 0. The van der Waals surface area contributed by atoms with Crippen LogP contribution in [0.2, 0.25) is 0 Å². The molecule has 1 aromatic carbocycles. The summed E-state index contributed by atoms with van der Waals surface area (Å²) in [6.45, 7) is 0.521. The lowest BCUT2D eigenvalue weighted by molar-refractivity contribution is 0.124. The maximum Gasteiger partial charge on any atom is 0.0930 e. The normalized spacial score (nSPS) is 15.5. The highest BCUT2D eigenvalue weighted by Gasteiger charge is 2.08. The van der Waals surface area contributed by atoms with Gasteiger partial charge in [0.1, 0.15) is 0 Å². The highest BCUT2D eigenvalue weighted by molar-refractivity contribution is 5.33. The lowest BCUT2D eigenvalue weighted by Crippen LogP contribution is -2.05. The van der Waals surface area contributed by atoms with Gasteiger partial charge in [-0.3, -0.25) is 4.84 Å². The lowest BCUT2D eigenvalue weighted by Gasteiger charge is -2.16. The Balaban J connectivity index is 2.24. The molecule has 0 spiro atoms. The molecule has 0 saturated carbocycles. The summed E-state index contributed by atoms with van der Waals surface area (Å²) in [5.74, 6) is 5.04. The van der Waals surface area contributed by atoms with Crippen LogP contribution < -0.4 is 5.90 Å². The Bertz CT molecular complexity index is 296. The molecule has 0 heterocycles. The average molecular weight is 177 g/mol. The van der Waals surface area contributed by atoms with E-state index in [0.717, 1.165) is 0 Å². The zero-order valence-electron chi connectivity index (χ0n) is 7.75. The zero-order valence-corrected chi connectivity index (χ0v) is 7.75. The van der Waals surface area contributed by atoms with E-state index in [1.807, 2.05) is 0 Å². The molecule has 0 atom stereocenters. The van der Waals surface area contributed by atoms with E-state index in [1.54, 1.807) is 0 Å². The molecule has 2 nitrogen and oxygen atoms in total.